The minimum atomic E-state index is -3.43. The van der Waals surface area contributed by atoms with E-state index in [1.54, 1.807) is 30.3 Å². The van der Waals surface area contributed by atoms with Gasteiger partial charge in [0, 0.05) is 0 Å². The van der Waals surface area contributed by atoms with Crippen LogP contribution < -0.4 is 0 Å². The van der Waals surface area contributed by atoms with Crippen molar-refractivity contribution in [3.63, 3.8) is 0 Å². The molecular formula is C13H12O7. The molecule has 0 aliphatic heterocycles. The van der Waals surface area contributed by atoms with Crippen molar-refractivity contribution in [3.8, 4) is 0 Å². The van der Waals surface area contributed by atoms with Gasteiger partial charge in [-0.2, -0.15) is 0 Å². The molecule has 4 N–H and O–H groups in total. The standard InChI is InChI=1S/C13H12O7/c14-9(7-6-8-4-2-1-3-5-8)13(20,12(18)19)10(15)11(16)17/h1-7,10,15,20H,(H,16,17)(H,18,19). The summed E-state index contributed by atoms with van der Waals surface area (Å²) in [4.78, 5) is 33.2. The summed E-state index contributed by atoms with van der Waals surface area (Å²) in [6.45, 7) is 0. The van der Waals surface area contributed by atoms with Crippen molar-refractivity contribution < 1.29 is 34.8 Å². The number of aliphatic hydroxyl groups is 2. The third kappa shape index (κ3) is 3.08. The van der Waals surface area contributed by atoms with Crippen LogP contribution in [0.15, 0.2) is 36.4 Å². The van der Waals surface area contributed by atoms with E-state index in [4.69, 9.17) is 10.2 Å². The first-order chi connectivity index (χ1) is 9.30. The number of carbonyl (C=O) groups excluding carboxylic acids is 1. The van der Waals surface area contributed by atoms with Crippen LogP contribution in [-0.2, 0) is 14.4 Å². The maximum atomic E-state index is 11.7. The number of ketones is 1. The van der Waals surface area contributed by atoms with Crippen molar-refractivity contribution >= 4 is 23.8 Å². The van der Waals surface area contributed by atoms with Gasteiger partial charge in [0.15, 0.2) is 6.10 Å². The Hall–Kier alpha value is -2.51. The van der Waals surface area contributed by atoms with E-state index in [1.165, 1.54) is 6.08 Å². The lowest BCUT2D eigenvalue weighted by molar-refractivity contribution is -0.184. The molecule has 0 amide bonds. The molecule has 106 valence electrons. The van der Waals surface area contributed by atoms with Gasteiger partial charge >= 0.3 is 11.9 Å². The first-order valence-corrected chi connectivity index (χ1v) is 5.44. The van der Waals surface area contributed by atoms with Crippen LogP contribution in [0, 0.1) is 0 Å². The summed E-state index contributed by atoms with van der Waals surface area (Å²) in [7, 11) is 0. The van der Waals surface area contributed by atoms with Crippen LogP contribution >= 0.6 is 0 Å². The van der Waals surface area contributed by atoms with Gasteiger partial charge in [0.25, 0.3) is 5.60 Å². The Kier molecular flexibility index (Phi) is 4.73. The zero-order valence-corrected chi connectivity index (χ0v) is 10.1. The zero-order valence-electron chi connectivity index (χ0n) is 10.1. The van der Waals surface area contributed by atoms with E-state index >= 15 is 0 Å². The monoisotopic (exact) mass is 280 g/mol. The lowest BCUT2D eigenvalue weighted by Crippen LogP contribution is -2.58. The maximum Gasteiger partial charge on any atom is 0.347 e. The number of carboxylic acids is 2. The van der Waals surface area contributed by atoms with E-state index in [1.807, 2.05) is 0 Å². The Morgan fingerprint density at radius 1 is 1.10 bits per heavy atom. The lowest BCUT2D eigenvalue weighted by Gasteiger charge is -2.22. The highest BCUT2D eigenvalue weighted by molar-refractivity contribution is 6.16. The van der Waals surface area contributed by atoms with Crippen molar-refractivity contribution in [2.75, 3.05) is 0 Å². The molecule has 0 radical (unpaired) electrons. The maximum absolute atomic E-state index is 11.7. The third-order valence-electron chi connectivity index (χ3n) is 2.56. The molecule has 1 rings (SSSR count). The molecule has 0 aliphatic carbocycles. The topological polar surface area (TPSA) is 132 Å². The fraction of sp³-hybridized carbons (Fsp3) is 0.154. The summed E-state index contributed by atoms with van der Waals surface area (Å²) in [6, 6.07) is 8.27. The van der Waals surface area contributed by atoms with Gasteiger partial charge in [-0.1, -0.05) is 36.4 Å². The highest BCUT2D eigenvalue weighted by Gasteiger charge is 2.53. The van der Waals surface area contributed by atoms with Crippen molar-refractivity contribution in [1.29, 1.82) is 0 Å². The third-order valence-corrected chi connectivity index (χ3v) is 2.56. The fourth-order valence-electron chi connectivity index (χ4n) is 1.40. The smallest absolute Gasteiger partial charge is 0.347 e. The normalized spacial score (nSPS) is 15.5. The summed E-state index contributed by atoms with van der Waals surface area (Å²) in [5.74, 6) is -5.60. The fourth-order valence-corrected chi connectivity index (χ4v) is 1.40. The van der Waals surface area contributed by atoms with E-state index < -0.39 is 29.4 Å². The molecule has 0 aromatic heterocycles. The van der Waals surface area contributed by atoms with Crippen LogP contribution in [0.5, 0.6) is 0 Å². The second-order valence-electron chi connectivity index (χ2n) is 3.92. The van der Waals surface area contributed by atoms with Crippen LogP contribution in [0.3, 0.4) is 0 Å². The first kappa shape index (κ1) is 15.5. The van der Waals surface area contributed by atoms with Crippen LogP contribution in [0.25, 0.3) is 6.08 Å². The number of rotatable bonds is 6. The largest absolute Gasteiger partial charge is 0.479 e. The first-order valence-electron chi connectivity index (χ1n) is 5.44. The van der Waals surface area contributed by atoms with Gasteiger partial charge in [0.05, 0.1) is 0 Å². The molecule has 20 heavy (non-hydrogen) atoms. The number of hydrogen-bond donors (Lipinski definition) is 4. The van der Waals surface area contributed by atoms with Gasteiger partial charge < -0.3 is 20.4 Å². The molecule has 0 spiro atoms. The molecule has 7 heteroatoms. The van der Waals surface area contributed by atoms with Crippen LogP contribution in [0.1, 0.15) is 5.56 Å². The molecule has 2 atom stereocenters. The number of aliphatic hydroxyl groups excluding tert-OH is 1. The molecule has 0 bridgehead atoms. The Balaban J connectivity index is 3.05. The van der Waals surface area contributed by atoms with Gasteiger partial charge in [0.2, 0.25) is 5.78 Å². The van der Waals surface area contributed by atoms with Crippen molar-refractivity contribution in [2.24, 2.45) is 0 Å². The van der Waals surface area contributed by atoms with Gasteiger partial charge in [0.1, 0.15) is 0 Å². The quantitative estimate of drug-likeness (QED) is 0.409. The lowest BCUT2D eigenvalue weighted by atomic mass is 9.91. The summed E-state index contributed by atoms with van der Waals surface area (Å²) >= 11 is 0. The van der Waals surface area contributed by atoms with Gasteiger partial charge in [-0.15, -0.1) is 0 Å². The van der Waals surface area contributed by atoms with E-state index in [0.29, 0.717) is 11.6 Å². The number of carboxylic acid groups (broad SMARTS) is 2. The minimum Gasteiger partial charge on any atom is -0.479 e. The molecule has 0 aliphatic rings. The minimum absolute atomic E-state index is 0.540. The summed E-state index contributed by atoms with van der Waals surface area (Å²) in [5.41, 5.74) is -2.89. The second-order valence-corrected chi connectivity index (χ2v) is 3.92. The number of hydrogen-bond acceptors (Lipinski definition) is 5. The molecule has 0 fully saturated rings. The van der Waals surface area contributed by atoms with E-state index in [9.17, 15) is 24.6 Å². The Labute approximate surface area is 113 Å². The second kappa shape index (κ2) is 6.09. The Bertz CT molecular complexity index is 549. The molecule has 0 heterocycles. The van der Waals surface area contributed by atoms with E-state index in [2.05, 4.69) is 0 Å². The summed E-state index contributed by atoms with van der Waals surface area (Å²) in [5, 5.41) is 36.2. The Morgan fingerprint density at radius 3 is 2.10 bits per heavy atom. The number of aliphatic carboxylic acids is 2. The predicted molar refractivity (Wildman–Crippen MR) is 66.7 cm³/mol. The number of benzene rings is 1. The molecule has 1 aromatic carbocycles. The highest BCUT2D eigenvalue weighted by atomic mass is 16.4. The SMILES string of the molecule is O=C(O)C(O)C(O)(C(=O)O)C(=O)C=Cc1ccccc1. The van der Waals surface area contributed by atoms with Gasteiger partial charge in [-0.3, -0.25) is 4.79 Å². The average Bonchev–Trinajstić information content (AvgIpc) is 2.43. The van der Waals surface area contributed by atoms with Crippen molar-refractivity contribution in [3.05, 3.63) is 42.0 Å². The zero-order chi connectivity index (χ0) is 15.3. The van der Waals surface area contributed by atoms with Crippen molar-refractivity contribution in [1.82, 2.24) is 0 Å². The molecule has 0 saturated heterocycles. The molecule has 2 unspecified atom stereocenters. The number of carbonyl (C=O) groups is 3. The van der Waals surface area contributed by atoms with Gasteiger partial charge in [-0.05, 0) is 11.6 Å². The summed E-state index contributed by atoms with van der Waals surface area (Å²) in [6.07, 6.45) is -0.867. The molecule has 7 nitrogen and oxygen atoms in total. The molecule has 0 saturated carbocycles. The van der Waals surface area contributed by atoms with Gasteiger partial charge in [-0.25, -0.2) is 9.59 Å². The Morgan fingerprint density at radius 2 is 1.65 bits per heavy atom. The molecule has 1 aromatic rings. The predicted octanol–water partition coefficient (Wildman–Crippen LogP) is -0.470. The van der Waals surface area contributed by atoms with E-state index in [-0.39, 0.29) is 0 Å². The van der Waals surface area contributed by atoms with E-state index in [0.717, 1.165) is 0 Å². The molecular weight excluding hydrogens is 268 g/mol. The van der Waals surface area contributed by atoms with Crippen molar-refractivity contribution in [2.45, 2.75) is 11.7 Å². The average molecular weight is 280 g/mol. The van der Waals surface area contributed by atoms with Crippen LogP contribution in [0.2, 0.25) is 0 Å². The van der Waals surface area contributed by atoms with Crippen LogP contribution in [-0.4, -0.2) is 49.9 Å². The summed E-state index contributed by atoms with van der Waals surface area (Å²) < 4.78 is 0. The van der Waals surface area contributed by atoms with Crippen LogP contribution in [0.4, 0.5) is 0 Å². The highest BCUT2D eigenvalue weighted by Crippen LogP contribution is 2.15.